The lowest BCUT2D eigenvalue weighted by molar-refractivity contribution is 1.52. The number of nitrogens with two attached hydrogens (primary N) is 2. The third-order valence-electron chi connectivity index (χ3n) is 2.90. The summed E-state index contributed by atoms with van der Waals surface area (Å²) in [4.78, 5) is 1.06. The molecule has 3 aromatic rings. The molecule has 0 fully saturated rings. The van der Waals surface area contributed by atoms with Crippen LogP contribution in [0.25, 0.3) is 20.2 Å². The van der Waals surface area contributed by atoms with Crippen LogP contribution in [0.3, 0.4) is 0 Å². The number of benzene rings is 2. The van der Waals surface area contributed by atoms with Gasteiger partial charge in [-0.05, 0) is 18.4 Å². The molecule has 0 saturated carbocycles. The molecule has 1 aromatic heterocycles. The summed E-state index contributed by atoms with van der Waals surface area (Å²) < 4.78 is 2.34. The van der Waals surface area contributed by atoms with Crippen LogP contribution in [0.4, 0.5) is 11.4 Å². The Balaban J connectivity index is 2.56. The fraction of sp³-hybridized carbons (Fsp3) is 0.0769. The average Bonchev–Trinajstić information content (AvgIpc) is 2.73. The highest BCUT2D eigenvalue weighted by molar-refractivity contribution is 7.98. The first-order chi connectivity index (χ1) is 8.22. The van der Waals surface area contributed by atoms with Crippen molar-refractivity contribution in [3.63, 3.8) is 0 Å². The molecule has 0 aliphatic heterocycles. The minimum Gasteiger partial charge on any atom is -0.398 e. The molecule has 0 atom stereocenters. The molecule has 86 valence electrons. The number of nitrogen functional groups attached to an aromatic ring is 2. The highest BCUT2D eigenvalue weighted by atomic mass is 32.2. The number of anilines is 2. The summed E-state index contributed by atoms with van der Waals surface area (Å²) in [5.74, 6) is 0. The van der Waals surface area contributed by atoms with Gasteiger partial charge in [-0.2, -0.15) is 0 Å². The summed E-state index contributed by atoms with van der Waals surface area (Å²) in [6, 6.07) is 10.3. The smallest absolute Gasteiger partial charge is 0.0635 e. The fourth-order valence-electron chi connectivity index (χ4n) is 2.09. The van der Waals surface area contributed by atoms with E-state index in [-0.39, 0.29) is 0 Å². The molecule has 0 unspecified atom stereocenters. The van der Waals surface area contributed by atoms with E-state index in [2.05, 4.69) is 12.1 Å². The van der Waals surface area contributed by atoms with E-state index in [1.54, 1.807) is 23.1 Å². The fourth-order valence-corrected chi connectivity index (χ4v) is 3.92. The Morgan fingerprint density at radius 1 is 1.18 bits per heavy atom. The van der Waals surface area contributed by atoms with Crippen molar-refractivity contribution in [2.75, 3.05) is 17.7 Å². The zero-order valence-corrected chi connectivity index (χ0v) is 11.0. The third-order valence-corrected chi connectivity index (χ3v) is 4.88. The topological polar surface area (TPSA) is 52.0 Å². The maximum absolute atomic E-state index is 6.20. The van der Waals surface area contributed by atoms with E-state index in [0.29, 0.717) is 0 Å². The van der Waals surface area contributed by atoms with Gasteiger partial charge in [0.2, 0.25) is 0 Å². The summed E-state index contributed by atoms with van der Waals surface area (Å²) in [6.45, 7) is 0. The molecule has 0 saturated heterocycles. The Hall–Kier alpha value is -1.39. The van der Waals surface area contributed by atoms with Crippen molar-refractivity contribution in [1.82, 2.24) is 0 Å². The second-order valence-electron chi connectivity index (χ2n) is 3.88. The predicted octanol–water partition coefficient (Wildman–Crippen LogP) is 3.94. The van der Waals surface area contributed by atoms with Gasteiger partial charge in [-0.3, -0.25) is 0 Å². The summed E-state index contributed by atoms with van der Waals surface area (Å²) in [5, 5.41) is 2.30. The summed E-state index contributed by atoms with van der Waals surface area (Å²) >= 11 is 3.35. The molecule has 3 rings (SSSR count). The van der Waals surface area contributed by atoms with E-state index < -0.39 is 0 Å². The van der Waals surface area contributed by atoms with Gasteiger partial charge in [0.1, 0.15) is 0 Å². The van der Waals surface area contributed by atoms with Crippen LogP contribution in [0.5, 0.6) is 0 Å². The molecule has 0 aliphatic rings. The number of hydrogen-bond donors (Lipinski definition) is 2. The minimum absolute atomic E-state index is 0.816. The maximum Gasteiger partial charge on any atom is 0.0635 e. The molecule has 0 spiro atoms. The van der Waals surface area contributed by atoms with Crippen molar-refractivity contribution in [1.29, 1.82) is 0 Å². The van der Waals surface area contributed by atoms with E-state index in [0.717, 1.165) is 26.4 Å². The maximum atomic E-state index is 6.20. The first-order valence-electron chi connectivity index (χ1n) is 5.25. The van der Waals surface area contributed by atoms with Gasteiger partial charge >= 0.3 is 0 Å². The van der Waals surface area contributed by atoms with Crippen LogP contribution in [0.2, 0.25) is 0 Å². The molecule has 4 N–H and O–H groups in total. The summed E-state index contributed by atoms with van der Waals surface area (Å²) in [5.41, 5.74) is 14.0. The number of fused-ring (bicyclic) bond motifs is 3. The Morgan fingerprint density at radius 3 is 2.71 bits per heavy atom. The largest absolute Gasteiger partial charge is 0.398 e. The Kier molecular flexibility index (Phi) is 2.42. The van der Waals surface area contributed by atoms with Crippen molar-refractivity contribution < 1.29 is 0 Å². The van der Waals surface area contributed by atoms with Gasteiger partial charge < -0.3 is 11.5 Å². The Labute approximate surface area is 108 Å². The number of rotatable bonds is 1. The first-order valence-corrected chi connectivity index (χ1v) is 7.29. The Bertz CT molecular complexity index is 716. The first kappa shape index (κ1) is 10.7. The van der Waals surface area contributed by atoms with Crippen LogP contribution in [-0.4, -0.2) is 6.26 Å². The molecule has 0 bridgehead atoms. The van der Waals surface area contributed by atoms with Crippen LogP contribution < -0.4 is 11.5 Å². The van der Waals surface area contributed by atoms with E-state index in [4.69, 9.17) is 11.5 Å². The van der Waals surface area contributed by atoms with Crippen LogP contribution in [0.15, 0.2) is 35.2 Å². The quantitative estimate of drug-likeness (QED) is 0.514. The van der Waals surface area contributed by atoms with Gasteiger partial charge in [-0.15, -0.1) is 23.1 Å². The van der Waals surface area contributed by atoms with Crippen molar-refractivity contribution >= 4 is 54.6 Å². The van der Waals surface area contributed by atoms with Gasteiger partial charge in [0.05, 0.1) is 10.4 Å². The molecule has 0 radical (unpaired) electrons. The van der Waals surface area contributed by atoms with Crippen LogP contribution >= 0.6 is 23.1 Å². The Morgan fingerprint density at radius 2 is 1.94 bits per heavy atom. The molecular formula is C13H12N2S2. The molecule has 2 nitrogen and oxygen atoms in total. The SMILES string of the molecule is CSc1cc(N)c2c(sc3ccccc32)c1N. The minimum atomic E-state index is 0.816. The van der Waals surface area contributed by atoms with E-state index in [9.17, 15) is 0 Å². The lowest BCUT2D eigenvalue weighted by atomic mass is 10.1. The zero-order chi connectivity index (χ0) is 12.0. The molecule has 0 amide bonds. The summed E-state index contributed by atoms with van der Waals surface area (Å²) in [7, 11) is 0. The third kappa shape index (κ3) is 1.48. The van der Waals surface area contributed by atoms with Gasteiger partial charge in [-0.1, -0.05) is 18.2 Å². The highest BCUT2D eigenvalue weighted by Crippen LogP contribution is 2.43. The van der Waals surface area contributed by atoms with Crippen LogP contribution in [0.1, 0.15) is 0 Å². The monoisotopic (exact) mass is 260 g/mol. The summed E-state index contributed by atoms with van der Waals surface area (Å²) in [6.07, 6.45) is 2.02. The lowest BCUT2D eigenvalue weighted by Crippen LogP contribution is -1.93. The van der Waals surface area contributed by atoms with Crippen molar-refractivity contribution in [2.24, 2.45) is 0 Å². The molecule has 0 aliphatic carbocycles. The molecule has 2 aromatic carbocycles. The second kappa shape index (κ2) is 3.82. The van der Waals surface area contributed by atoms with Gasteiger partial charge in [0.25, 0.3) is 0 Å². The van der Waals surface area contributed by atoms with E-state index >= 15 is 0 Å². The second-order valence-corrected chi connectivity index (χ2v) is 5.78. The van der Waals surface area contributed by atoms with Crippen molar-refractivity contribution in [2.45, 2.75) is 4.90 Å². The number of hydrogen-bond acceptors (Lipinski definition) is 4. The zero-order valence-electron chi connectivity index (χ0n) is 9.36. The molecule has 1 heterocycles. The molecule has 4 heteroatoms. The van der Waals surface area contributed by atoms with Crippen molar-refractivity contribution in [3.8, 4) is 0 Å². The normalized spacial score (nSPS) is 11.4. The number of thioether (sulfide) groups is 1. The van der Waals surface area contributed by atoms with Gasteiger partial charge in [0, 0.05) is 26.1 Å². The van der Waals surface area contributed by atoms with E-state index in [1.807, 2.05) is 24.5 Å². The predicted molar refractivity (Wildman–Crippen MR) is 79.9 cm³/mol. The molecular weight excluding hydrogens is 248 g/mol. The molecule has 17 heavy (non-hydrogen) atoms. The lowest BCUT2D eigenvalue weighted by Gasteiger charge is -2.06. The van der Waals surface area contributed by atoms with Gasteiger partial charge in [0.15, 0.2) is 0 Å². The number of thiophene rings is 1. The van der Waals surface area contributed by atoms with Crippen LogP contribution in [-0.2, 0) is 0 Å². The average molecular weight is 260 g/mol. The highest BCUT2D eigenvalue weighted by Gasteiger charge is 2.13. The van der Waals surface area contributed by atoms with Crippen molar-refractivity contribution in [3.05, 3.63) is 30.3 Å². The standard InChI is InChI=1S/C13H12N2S2/c1-16-10-6-8(14)11-7-4-2-3-5-9(7)17-13(11)12(10)15/h2-6H,14-15H2,1H3. The van der Waals surface area contributed by atoms with E-state index in [1.165, 1.54) is 10.1 Å². The van der Waals surface area contributed by atoms with Crippen LogP contribution in [0, 0.1) is 0 Å². The van der Waals surface area contributed by atoms with Gasteiger partial charge in [-0.25, -0.2) is 0 Å².